The van der Waals surface area contributed by atoms with E-state index in [-0.39, 0.29) is 14.8 Å². The van der Waals surface area contributed by atoms with Gasteiger partial charge in [0.15, 0.2) is 5.57 Å². The summed E-state index contributed by atoms with van der Waals surface area (Å²) in [7, 11) is 0. The zero-order valence-electron chi connectivity index (χ0n) is 19.5. The molecule has 0 unspecified atom stereocenters. The van der Waals surface area contributed by atoms with Gasteiger partial charge in [-0.15, -0.1) is 11.3 Å². The molecule has 5 aromatic rings. The summed E-state index contributed by atoms with van der Waals surface area (Å²) in [4.78, 5) is 26.8. The van der Waals surface area contributed by atoms with Gasteiger partial charge in [0, 0.05) is 11.6 Å². The van der Waals surface area contributed by atoms with Crippen LogP contribution >= 0.6 is 34.5 Å². The molecule has 2 heterocycles. The van der Waals surface area contributed by atoms with E-state index < -0.39 is 11.5 Å². The predicted molar refractivity (Wildman–Crippen MR) is 151 cm³/mol. The Morgan fingerprint density at radius 2 is 1.61 bits per heavy atom. The molecule has 0 aliphatic rings. The first-order chi connectivity index (χ1) is 18.5. The molecule has 0 aliphatic carbocycles. The highest BCUT2D eigenvalue weighted by Crippen LogP contribution is 2.29. The van der Waals surface area contributed by atoms with Gasteiger partial charge in [-0.25, -0.2) is 0 Å². The number of carbonyl (C=O) groups is 1. The standard InChI is InChI=1S/C29H17Cl2N3O3S/c30-22-11-5-4-10-20(22)25-15-14-19(37-25)16-26-28(36)34(18-8-2-1-3-9-18)29(38-26)21(17-32)27(35)33-24-13-7-6-12-23(24)31/h1-16H,(H,33,35)/b26-16+,29-21-. The van der Waals surface area contributed by atoms with Crippen LogP contribution in [-0.4, -0.2) is 10.5 Å². The summed E-state index contributed by atoms with van der Waals surface area (Å²) in [6.45, 7) is 0. The lowest BCUT2D eigenvalue weighted by Gasteiger charge is -2.07. The number of aromatic nitrogens is 1. The number of para-hydroxylation sites is 2. The van der Waals surface area contributed by atoms with E-state index in [4.69, 9.17) is 27.6 Å². The number of hydrogen-bond donors (Lipinski definition) is 1. The first-order valence-electron chi connectivity index (χ1n) is 11.3. The van der Waals surface area contributed by atoms with Gasteiger partial charge in [-0.2, -0.15) is 5.26 Å². The van der Waals surface area contributed by atoms with Crippen LogP contribution in [0.3, 0.4) is 0 Å². The quantitative estimate of drug-likeness (QED) is 0.304. The molecular formula is C29H17Cl2N3O3S. The van der Waals surface area contributed by atoms with Crippen molar-refractivity contribution in [2.75, 3.05) is 5.32 Å². The number of nitrogens with zero attached hydrogens (tertiary/aromatic N) is 2. The summed E-state index contributed by atoms with van der Waals surface area (Å²) in [5.74, 6) is 0.284. The molecule has 186 valence electrons. The van der Waals surface area contributed by atoms with Crippen LogP contribution < -0.4 is 20.1 Å². The second-order valence-corrected chi connectivity index (χ2v) is 9.84. The van der Waals surface area contributed by atoms with Crippen molar-refractivity contribution in [2.45, 2.75) is 0 Å². The number of benzene rings is 3. The molecule has 0 spiro atoms. The van der Waals surface area contributed by atoms with E-state index >= 15 is 0 Å². The number of amides is 1. The molecule has 5 rings (SSSR count). The maximum Gasteiger partial charge on any atom is 0.273 e. The van der Waals surface area contributed by atoms with Crippen molar-refractivity contribution in [1.82, 2.24) is 4.57 Å². The van der Waals surface area contributed by atoms with E-state index in [1.165, 1.54) is 4.57 Å². The number of anilines is 1. The van der Waals surface area contributed by atoms with E-state index in [2.05, 4.69) is 5.32 Å². The van der Waals surface area contributed by atoms with Crippen molar-refractivity contribution >= 4 is 57.8 Å². The lowest BCUT2D eigenvalue weighted by Crippen LogP contribution is -2.32. The fraction of sp³-hybridized carbons (Fsp3) is 0. The lowest BCUT2D eigenvalue weighted by molar-refractivity contribution is -0.111. The Balaban J connectivity index is 1.68. The SMILES string of the molecule is N#C/C(C(=O)Nc1ccccc1Cl)=c1/s/c(=C/c2ccc(-c3ccccc3Cl)o2)c(=O)n1-c1ccccc1. The molecule has 0 saturated carbocycles. The Morgan fingerprint density at radius 3 is 2.32 bits per heavy atom. The molecule has 38 heavy (non-hydrogen) atoms. The summed E-state index contributed by atoms with van der Waals surface area (Å²) in [5, 5.41) is 13.5. The summed E-state index contributed by atoms with van der Waals surface area (Å²) in [5.41, 5.74) is 0.958. The van der Waals surface area contributed by atoms with Crippen molar-refractivity contribution < 1.29 is 9.21 Å². The number of carbonyl (C=O) groups excluding carboxylic acids is 1. The molecule has 0 bridgehead atoms. The predicted octanol–water partition coefficient (Wildman–Crippen LogP) is 5.61. The van der Waals surface area contributed by atoms with Crippen LogP contribution in [0, 0.1) is 11.3 Å². The maximum atomic E-state index is 13.6. The third kappa shape index (κ3) is 5.06. The van der Waals surface area contributed by atoms with Crippen LogP contribution in [-0.2, 0) is 4.79 Å². The van der Waals surface area contributed by atoms with Crippen LogP contribution in [0.15, 0.2) is 100 Å². The summed E-state index contributed by atoms with van der Waals surface area (Å²) in [6, 6.07) is 28.2. The smallest absolute Gasteiger partial charge is 0.273 e. The first kappa shape index (κ1) is 25.3. The second-order valence-electron chi connectivity index (χ2n) is 7.99. The zero-order chi connectivity index (χ0) is 26.6. The highest BCUT2D eigenvalue weighted by molar-refractivity contribution is 7.07. The molecule has 0 fully saturated rings. The molecule has 0 radical (unpaired) electrons. The van der Waals surface area contributed by atoms with Gasteiger partial charge in [0.1, 0.15) is 22.3 Å². The summed E-state index contributed by atoms with van der Waals surface area (Å²) < 4.78 is 7.75. The molecule has 6 nitrogen and oxygen atoms in total. The summed E-state index contributed by atoms with van der Waals surface area (Å²) >= 11 is 13.5. The highest BCUT2D eigenvalue weighted by Gasteiger charge is 2.18. The van der Waals surface area contributed by atoms with Gasteiger partial charge < -0.3 is 9.73 Å². The average molecular weight is 558 g/mol. The minimum absolute atomic E-state index is 0.178. The highest BCUT2D eigenvalue weighted by atomic mass is 35.5. The van der Waals surface area contributed by atoms with Crippen molar-refractivity contribution in [3.63, 3.8) is 0 Å². The van der Waals surface area contributed by atoms with Crippen LogP contribution in [0.4, 0.5) is 5.69 Å². The minimum Gasteiger partial charge on any atom is -0.457 e. The van der Waals surface area contributed by atoms with E-state index in [0.29, 0.717) is 32.9 Å². The van der Waals surface area contributed by atoms with Crippen molar-refractivity contribution in [3.05, 3.63) is 126 Å². The lowest BCUT2D eigenvalue weighted by atomic mass is 10.2. The van der Waals surface area contributed by atoms with E-state index in [1.807, 2.05) is 30.3 Å². The number of hydrogen-bond acceptors (Lipinski definition) is 5. The maximum absolute atomic E-state index is 13.6. The zero-order valence-corrected chi connectivity index (χ0v) is 21.8. The molecule has 0 saturated heterocycles. The molecule has 3 aromatic carbocycles. The fourth-order valence-electron chi connectivity index (χ4n) is 3.77. The van der Waals surface area contributed by atoms with Crippen molar-refractivity contribution in [3.8, 4) is 23.1 Å². The van der Waals surface area contributed by atoms with Crippen LogP contribution in [0.25, 0.3) is 28.7 Å². The number of nitrogens with one attached hydrogen (secondary N) is 1. The van der Waals surface area contributed by atoms with Gasteiger partial charge in [0.2, 0.25) is 0 Å². The van der Waals surface area contributed by atoms with Gasteiger partial charge >= 0.3 is 0 Å². The largest absolute Gasteiger partial charge is 0.457 e. The number of furan rings is 1. The molecule has 0 atom stereocenters. The second kappa shape index (κ2) is 11.0. The number of halogens is 2. The van der Waals surface area contributed by atoms with Gasteiger partial charge in [0.05, 0.1) is 26.0 Å². The molecule has 2 aromatic heterocycles. The van der Waals surface area contributed by atoms with E-state index in [0.717, 1.165) is 16.9 Å². The monoisotopic (exact) mass is 557 g/mol. The summed E-state index contributed by atoms with van der Waals surface area (Å²) in [6.07, 6.45) is 1.58. The molecular weight excluding hydrogens is 541 g/mol. The Bertz CT molecular complexity index is 1880. The van der Waals surface area contributed by atoms with Crippen molar-refractivity contribution in [1.29, 1.82) is 5.26 Å². The average Bonchev–Trinajstić information content (AvgIpc) is 3.51. The van der Waals surface area contributed by atoms with Gasteiger partial charge in [-0.3, -0.25) is 14.2 Å². The van der Waals surface area contributed by atoms with Gasteiger partial charge in [-0.1, -0.05) is 65.7 Å². The molecule has 0 aliphatic heterocycles. The van der Waals surface area contributed by atoms with E-state index in [1.54, 1.807) is 72.8 Å². The number of nitriles is 1. The number of thiazole rings is 1. The molecule has 1 N–H and O–H groups in total. The van der Waals surface area contributed by atoms with Crippen LogP contribution in [0.1, 0.15) is 5.76 Å². The Hall–Kier alpha value is -4.35. The Labute approximate surface area is 230 Å². The van der Waals surface area contributed by atoms with Crippen LogP contribution in [0.2, 0.25) is 10.0 Å². The van der Waals surface area contributed by atoms with Crippen molar-refractivity contribution in [2.24, 2.45) is 0 Å². The minimum atomic E-state index is -0.683. The topological polar surface area (TPSA) is 88.0 Å². The van der Waals surface area contributed by atoms with Gasteiger partial charge in [0.25, 0.3) is 11.5 Å². The van der Waals surface area contributed by atoms with Gasteiger partial charge in [-0.05, 0) is 48.5 Å². The fourth-order valence-corrected chi connectivity index (χ4v) is 5.26. The first-order valence-corrected chi connectivity index (χ1v) is 12.9. The Morgan fingerprint density at radius 1 is 0.921 bits per heavy atom. The van der Waals surface area contributed by atoms with E-state index in [9.17, 15) is 14.9 Å². The normalized spacial score (nSPS) is 12.2. The molecule has 1 amide bonds. The third-order valence-corrected chi connectivity index (χ3v) is 7.30. The third-order valence-electron chi connectivity index (χ3n) is 5.55. The number of rotatable bonds is 5. The molecule has 9 heteroatoms. The Kier molecular flexibility index (Phi) is 7.29. The van der Waals surface area contributed by atoms with Crippen LogP contribution in [0.5, 0.6) is 0 Å².